The highest BCUT2D eigenvalue weighted by Crippen LogP contribution is 2.33. The molecule has 108 valence electrons. The van der Waals surface area contributed by atoms with E-state index >= 15 is 0 Å². The molecule has 1 heterocycles. The van der Waals surface area contributed by atoms with Crippen molar-refractivity contribution in [2.75, 3.05) is 0 Å². The van der Waals surface area contributed by atoms with Crippen molar-refractivity contribution in [3.8, 4) is 0 Å². The number of aromatic nitrogens is 1. The van der Waals surface area contributed by atoms with E-state index in [4.69, 9.17) is 4.98 Å². The molecule has 0 saturated carbocycles. The Balaban J connectivity index is 2.89. The number of hydrogen-bond donors (Lipinski definition) is 1. The van der Waals surface area contributed by atoms with Crippen molar-refractivity contribution in [1.82, 2.24) is 4.98 Å². The summed E-state index contributed by atoms with van der Waals surface area (Å²) in [7, 11) is 0. The Bertz CT molecular complexity index is 658. The van der Waals surface area contributed by atoms with Crippen LogP contribution in [0, 0.1) is 13.8 Å². The summed E-state index contributed by atoms with van der Waals surface area (Å²) in [6.07, 6.45) is 0. The van der Waals surface area contributed by atoms with Gasteiger partial charge in [0.05, 0.1) is 11.1 Å². The summed E-state index contributed by atoms with van der Waals surface area (Å²) in [6, 6.07) is 6.31. The number of fused-ring (bicyclic) bond motifs is 1. The molecular weight excluding hydrogens is 246 g/mol. The van der Waals surface area contributed by atoms with Gasteiger partial charge in [-0.25, -0.2) is 0 Å². The third-order valence-electron chi connectivity index (χ3n) is 3.85. The van der Waals surface area contributed by atoms with E-state index in [1.54, 1.807) is 0 Å². The van der Waals surface area contributed by atoms with Crippen LogP contribution < -0.4 is 0 Å². The fourth-order valence-corrected chi connectivity index (χ4v) is 2.38. The Morgan fingerprint density at radius 1 is 0.900 bits per heavy atom. The molecule has 1 aromatic carbocycles. The minimum atomic E-state index is -0.872. The third kappa shape index (κ3) is 2.71. The predicted octanol–water partition coefficient (Wildman–Crippen LogP) is 4.38. The number of aryl methyl sites for hydroxylation is 2. The van der Waals surface area contributed by atoms with Gasteiger partial charge in [0, 0.05) is 16.5 Å². The molecule has 2 heteroatoms. The van der Waals surface area contributed by atoms with Gasteiger partial charge in [0.25, 0.3) is 0 Å². The van der Waals surface area contributed by atoms with Crippen molar-refractivity contribution in [3.63, 3.8) is 0 Å². The van der Waals surface area contributed by atoms with Gasteiger partial charge in [-0.2, -0.15) is 0 Å². The Kier molecular flexibility index (Phi) is 3.42. The van der Waals surface area contributed by atoms with Gasteiger partial charge in [-0.15, -0.1) is 0 Å². The molecule has 0 unspecified atom stereocenters. The smallest absolute Gasteiger partial charge is 0.0847 e. The maximum Gasteiger partial charge on any atom is 0.0847 e. The molecule has 0 aliphatic carbocycles. The van der Waals surface area contributed by atoms with Gasteiger partial charge in [-0.1, -0.05) is 20.8 Å². The molecule has 2 nitrogen and oxygen atoms in total. The highest BCUT2D eigenvalue weighted by Gasteiger charge is 2.24. The Labute approximate surface area is 121 Å². The van der Waals surface area contributed by atoms with Crippen molar-refractivity contribution >= 4 is 10.9 Å². The summed E-state index contributed by atoms with van der Waals surface area (Å²) in [5.74, 6) is 0. The van der Waals surface area contributed by atoms with Crippen LogP contribution in [-0.4, -0.2) is 10.1 Å². The minimum Gasteiger partial charge on any atom is -0.386 e. The normalized spacial score (nSPS) is 13.0. The second kappa shape index (κ2) is 4.56. The second-order valence-electron chi connectivity index (χ2n) is 7.32. The molecule has 20 heavy (non-hydrogen) atoms. The fraction of sp³-hybridized carbons (Fsp3) is 0.500. The minimum absolute atomic E-state index is 0.0347. The molecule has 0 radical (unpaired) electrons. The maximum absolute atomic E-state index is 10.5. The lowest BCUT2D eigenvalue weighted by Crippen LogP contribution is -2.20. The summed E-state index contributed by atoms with van der Waals surface area (Å²) >= 11 is 0. The number of aliphatic hydroxyl groups is 1. The number of nitrogens with zero attached hydrogens (tertiary/aromatic N) is 1. The first-order chi connectivity index (χ1) is 9.00. The highest BCUT2D eigenvalue weighted by atomic mass is 16.3. The van der Waals surface area contributed by atoms with Gasteiger partial charge >= 0.3 is 0 Å². The third-order valence-corrected chi connectivity index (χ3v) is 3.85. The van der Waals surface area contributed by atoms with E-state index < -0.39 is 5.60 Å². The summed E-state index contributed by atoms with van der Waals surface area (Å²) < 4.78 is 0. The molecule has 0 amide bonds. The first-order valence-electron chi connectivity index (χ1n) is 7.15. The molecule has 1 aromatic heterocycles. The van der Waals surface area contributed by atoms with Crippen molar-refractivity contribution < 1.29 is 5.11 Å². The van der Waals surface area contributed by atoms with Crippen molar-refractivity contribution in [2.45, 2.75) is 59.5 Å². The molecular formula is C18H25NO. The molecule has 0 spiro atoms. The lowest BCUT2D eigenvalue weighted by Gasteiger charge is -2.25. The molecule has 0 atom stereocenters. The first-order valence-corrected chi connectivity index (χ1v) is 7.15. The summed E-state index contributed by atoms with van der Waals surface area (Å²) in [5, 5.41) is 11.6. The van der Waals surface area contributed by atoms with Crippen molar-refractivity contribution in [2.24, 2.45) is 0 Å². The zero-order chi connectivity index (χ0) is 15.3. The van der Waals surface area contributed by atoms with E-state index in [2.05, 4.69) is 52.8 Å². The number of pyridine rings is 1. The van der Waals surface area contributed by atoms with Crippen LogP contribution in [0.2, 0.25) is 0 Å². The molecule has 2 aromatic rings. The van der Waals surface area contributed by atoms with Crippen LogP contribution in [0.4, 0.5) is 0 Å². The summed E-state index contributed by atoms with van der Waals surface area (Å²) in [6.45, 7) is 14.3. The maximum atomic E-state index is 10.5. The zero-order valence-electron chi connectivity index (χ0n) is 13.6. The molecule has 0 bridgehead atoms. The summed E-state index contributed by atoms with van der Waals surface area (Å²) in [5.41, 5.74) is 4.50. The average Bonchev–Trinajstić information content (AvgIpc) is 2.26. The summed E-state index contributed by atoms with van der Waals surface area (Å²) in [4.78, 5) is 4.81. The van der Waals surface area contributed by atoms with E-state index in [-0.39, 0.29) is 5.41 Å². The fourth-order valence-electron chi connectivity index (χ4n) is 2.38. The lowest BCUT2D eigenvalue weighted by atomic mass is 9.86. The Morgan fingerprint density at radius 2 is 1.45 bits per heavy atom. The Morgan fingerprint density at radius 3 is 1.95 bits per heavy atom. The van der Waals surface area contributed by atoms with Gasteiger partial charge in [0.2, 0.25) is 0 Å². The van der Waals surface area contributed by atoms with Crippen LogP contribution in [0.3, 0.4) is 0 Å². The van der Waals surface area contributed by atoms with Gasteiger partial charge in [0.1, 0.15) is 0 Å². The number of benzene rings is 1. The Hall–Kier alpha value is -1.41. The topological polar surface area (TPSA) is 33.1 Å². The van der Waals surface area contributed by atoms with E-state index in [0.29, 0.717) is 0 Å². The quantitative estimate of drug-likeness (QED) is 0.835. The standard InChI is InChI=1S/C18H25NO/c1-11-8-13-14(18(6,7)20)10-16(17(3,4)5)19-15(13)9-12(11)2/h8-10,20H,1-7H3. The monoisotopic (exact) mass is 271 g/mol. The lowest BCUT2D eigenvalue weighted by molar-refractivity contribution is 0.0800. The van der Waals surface area contributed by atoms with E-state index in [1.807, 2.05) is 13.8 Å². The largest absolute Gasteiger partial charge is 0.386 e. The van der Waals surface area contributed by atoms with Crippen LogP contribution in [0.1, 0.15) is 57.0 Å². The van der Waals surface area contributed by atoms with Crippen LogP contribution in [0.25, 0.3) is 10.9 Å². The zero-order valence-corrected chi connectivity index (χ0v) is 13.6. The SMILES string of the molecule is Cc1cc2nc(C(C)(C)C)cc(C(C)(C)O)c2cc1C. The molecule has 1 N–H and O–H groups in total. The highest BCUT2D eigenvalue weighted by molar-refractivity contribution is 5.85. The van der Waals surface area contributed by atoms with E-state index in [0.717, 1.165) is 22.2 Å². The molecule has 0 aliphatic heterocycles. The van der Waals surface area contributed by atoms with Gasteiger partial charge in [-0.05, 0) is 62.6 Å². The van der Waals surface area contributed by atoms with E-state index in [1.165, 1.54) is 11.1 Å². The van der Waals surface area contributed by atoms with Crippen LogP contribution >= 0.6 is 0 Å². The number of rotatable bonds is 1. The molecule has 0 fully saturated rings. The van der Waals surface area contributed by atoms with Gasteiger partial charge in [0.15, 0.2) is 0 Å². The van der Waals surface area contributed by atoms with Crippen LogP contribution in [-0.2, 0) is 11.0 Å². The first kappa shape index (κ1) is 15.0. The van der Waals surface area contributed by atoms with E-state index in [9.17, 15) is 5.11 Å². The van der Waals surface area contributed by atoms with Crippen molar-refractivity contribution in [3.05, 3.63) is 40.6 Å². The molecule has 0 aliphatic rings. The average molecular weight is 271 g/mol. The van der Waals surface area contributed by atoms with Crippen LogP contribution in [0.5, 0.6) is 0 Å². The predicted molar refractivity (Wildman–Crippen MR) is 85.2 cm³/mol. The second-order valence-corrected chi connectivity index (χ2v) is 7.32. The molecule has 0 saturated heterocycles. The van der Waals surface area contributed by atoms with Gasteiger partial charge < -0.3 is 5.11 Å². The molecule has 2 rings (SSSR count). The van der Waals surface area contributed by atoms with Crippen molar-refractivity contribution in [1.29, 1.82) is 0 Å². The van der Waals surface area contributed by atoms with Gasteiger partial charge in [-0.3, -0.25) is 4.98 Å². The number of hydrogen-bond acceptors (Lipinski definition) is 2. The van der Waals surface area contributed by atoms with Crippen LogP contribution in [0.15, 0.2) is 18.2 Å².